The van der Waals surface area contributed by atoms with Crippen LogP contribution in [0.5, 0.6) is 0 Å². The molecule has 4 heteroatoms. The minimum absolute atomic E-state index is 0.451. The fourth-order valence-electron chi connectivity index (χ4n) is 1.83. The maximum atomic E-state index is 5.36. The van der Waals surface area contributed by atoms with Crippen LogP contribution in [0.15, 0.2) is 40.9 Å². The highest BCUT2D eigenvalue weighted by molar-refractivity contribution is 5.45. The van der Waals surface area contributed by atoms with Gasteiger partial charge in [-0.2, -0.15) is 0 Å². The molecule has 1 heterocycles. The van der Waals surface area contributed by atoms with Gasteiger partial charge >= 0.3 is 0 Å². The molecule has 0 spiro atoms. The number of nitrogens with one attached hydrogen (secondary N) is 1. The molecule has 0 aliphatic carbocycles. The monoisotopic (exact) mass is 259 g/mol. The fourth-order valence-corrected chi connectivity index (χ4v) is 1.83. The molecule has 0 bridgehead atoms. The van der Waals surface area contributed by atoms with Gasteiger partial charge in [-0.15, -0.1) is 0 Å². The van der Waals surface area contributed by atoms with Gasteiger partial charge in [-0.25, -0.2) is 0 Å². The number of anilines is 1. The molecule has 0 fully saturated rings. The van der Waals surface area contributed by atoms with E-state index in [1.54, 1.807) is 0 Å². The maximum Gasteiger partial charge on any atom is 0.156 e. The van der Waals surface area contributed by atoms with Gasteiger partial charge in [0.25, 0.3) is 0 Å². The number of nitrogens with zero attached hydrogens (tertiary/aromatic N) is 2. The normalized spacial score (nSPS) is 10.9. The van der Waals surface area contributed by atoms with Crippen LogP contribution in [0.4, 0.5) is 5.69 Å². The van der Waals surface area contributed by atoms with E-state index in [2.05, 4.69) is 41.4 Å². The Hall–Kier alpha value is -1.81. The van der Waals surface area contributed by atoms with E-state index in [9.17, 15) is 0 Å². The number of aromatic nitrogens is 1. The van der Waals surface area contributed by atoms with Crippen LogP contribution in [0.1, 0.15) is 25.3 Å². The second-order valence-corrected chi connectivity index (χ2v) is 5.01. The van der Waals surface area contributed by atoms with Crippen LogP contribution in [0, 0.1) is 0 Å². The van der Waals surface area contributed by atoms with Crippen LogP contribution in [-0.4, -0.2) is 18.2 Å². The zero-order valence-electron chi connectivity index (χ0n) is 11.8. The molecule has 102 valence electrons. The van der Waals surface area contributed by atoms with E-state index in [4.69, 9.17) is 4.52 Å². The van der Waals surface area contributed by atoms with E-state index in [0.29, 0.717) is 6.04 Å². The average molecular weight is 259 g/mol. The van der Waals surface area contributed by atoms with E-state index in [0.717, 1.165) is 24.5 Å². The van der Waals surface area contributed by atoms with Crippen molar-refractivity contribution >= 4 is 5.69 Å². The molecule has 0 amide bonds. The molecule has 1 aromatic carbocycles. The summed E-state index contributed by atoms with van der Waals surface area (Å²) in [4.78, 5) is 2.14. The van der Waals surface area contributed by atoms with Gasteiger partial charge in [0.05, 0.1) is 12.2 Å². The van der Waals surface area contributed by atoms with E-state index >= 15 is 0 Å². The summed E-state index contributed by atoms with van der Waals surface area (Å²) in [6, 6.07) is 12.7. The van der Waals surface area contributed by atoms with Gasteiger partial charge in [0, 0.05) is 31.4 Å². The molecule has 0 saturated heterocycles. The van der Waals surface area contributed by atoms with Crippen molar-refractivity contribution in [1.82, 2.24) is 10.5 Å². The Labute approximate surface area is 114 Å². The fraction of sp³-hybridized carbons (Fsp3) is 0.400. The van der Waals surface area contributed by atoms with Crippen molar-refractivity contribution in [3.05, 3.63) is 47.9 Å². The highest BCUT2D eigenvalue weighted by atomic mass is 16.5. The highest BCUT2D eigenvalue weighted by Crippen LogP contribution is 2.15. The van der Waals surface area contributed by atoms with Gasteiger partial charge in [-0.05, 0) is 12.1 Å². The minimum Gasteiger partial charge on any atom is -0.367 e. The maximum absolute atomic E-state index is 5.36. The molecule has 4 nitrogen and oxygen atoms in total. The standard InChI is InChI=1S/C15H21N3O/c1-12(2)16-10-13-9-15(19-17-13)11-18(3)14-7-5-4-6-8-14/h4-9,12,16H,10-11H2,1-3H3. The SMILES string of the molecule is CC(C)NCc1cc(CN(C)c2ccccc2)on1. The summed E-state index contributed by atoms with van der Waals surface area (Å²) in [7, 11) is 2.05. The number of benzene rings is 1. The summed E-state index contributed by atoms with van der Waals surface area (Å²) in [5.74, 6) is 0.881. The summed E-state index contributed by atoms with van der Waals surface area (Å²) in [5, 5.41) is 7.39. The van der Waals surface area contributed by atoms with Crippen molar-refractivity contribution in [2.45, 2.75) is 33.0 Å². The molecule has 2 aromatic rings. The zero-order valence-corrected chi connectivity index (χ0v) is 11.8. The third-order valence-electron chi connectivity index (χ3n) is 2.89. The lowest BCUT2D eigenvalue weighted by Gasteiger charge is -2.16. The number of hydrogen-bond donors (Lipinski definition) is 1. The summed E-state index contributed by atoms with van der Waals surface area (Å²) >= 11 is 0. The van der Waals surface area contributed by atoms with Crippen molar-refractivity contribution in [2.75, 3.05) is 11.9 Å². The van der Waals surface area contributed by atoms with E-state index in [-0.39, 0.29) is 0 Å². The van der Waals surface area contributed by atoms with E-state index in [1.807, 2.05) is 31.3 Å². The molecular weight excluding hydrogens is 238 g/mol. The van der Waals surface area contributed by atoms with Crippen LogP contribution in [0.3, 0.4) is 0 Å². The smallest absolute Gasteiger partial charge is 0.156 e. The van der Waals surface area contributed by atoms with Crippen molar-refractivity contribution in [3.8, 4) is 0 Å². The van der Waals surface area contributed by atoms with E-state index in [1.165, 1.54) is 5.69 Å². The molecule has 0 radical (unpaired) electrons. The lowest BCUT2D eigenvalue weighted by Crippen LogP contribution is -2.21. The second kappa shape index (κ2) is 6.38. The van der Waals surface area contributed by atoms with Gasteiger partial charge in [-0.1, -0.05) is 37.2 Å². The highest BCUT2D eigenvalue weighted by Gasteiger charge is 2.08. The topological polar surface area (TPSA) is 41.3 Å². The Balaban J connectivity index is 1.93. The summed E-state index contributed by atoms with van der Waals surface area (Å²) in [6.45, 7) is 5.70. The lowest BCUT2D eigenvalue weighted by atomic mass is 10.3. The third-order valence-corrected chi connectivity index (χ3v) is 2.89. The van der Waals surface area contributed by atoms with E-state index < -0.39 is 0 Å². The van der Waals surface area contributed by atoms with Crippen molar-refractivity contribution in [1.29, 1.82) is 0 Å². The molecular formula is C15H21N3O. The van der Waals surface area contributed by atoms with Gasteiger partial charge in [0.1, 0.15) is 0 Å². The van der Waals surface area contributed by atoms with Gasteiger partial charge in [-0.3, -0.25) is 0 Å². The summed E-state index contributed by atoms with van der Waals surface area (Å²) in [6.07, 6.45) is 0. The number of para-hydroxylation sites is 1. The Morgan fingerprint density at radius 1 is 1.26 bits per heavy atom. The summed E-state index contributed by atoms with van der Waals surface area (Å²) < 4.78 is 5.36. The first-order valence-electron chi connectivity index (χ1n) is 6.59. The molecule has 0 unspecified atom stereocenters. The predicted octanol–water partition coefficient (Wildman–Crippen LogP) is 2.81. The molecule has 0 saturated carbocycles. The molecule has 19 heavy (non-hydrogen) atoms. The van der Waals surface area contributed by atoms with Crippen molar-refractivity contribution < 1.29 is 4.52 Å². The second-order valence-electron chi connectivity index (χ2n) is 5.01. The quantitative estimate of drug-likeness (QED) is 0.866. The molecule has 1 N–H and O–H groups in total. The van der Waals surface area contributed by atoms with Crippen molar-refractivity contribution in [2.24, 2.45) is 0 Å². The third kappa shape index (κ3) is 4.10. The Morgan fingerprint density at radius 3 is 2.68 bits per heavy atom. The first kappa shape index (κ1) is 13.6. The predicted molar refractivity (Wildman–Crippen MR) is 77.0 cm³/mol. The Bertz CT molecular complexity index is 493. The molecule has 0 atom stereocenters. The average Bonchev–Trinajstić information content (AvgIpc) is 2.85. The largest absolute Gasteiger partial charge is 0.367 e. The molecule has 2 rings (SSSR count). The van der Waals surface area contributed by atoms with Crippen LogP contribution in [-0.2, 0) is 13.1 Å². The van der Waals surface area contributed by atoms with Crippen LogP contribution in [0.25, 0.3) is 0 Å². The van der Waals surface area contributed by atoms with Gasteiger partial charge < -0.3 is 14.7 Å². The van der Waals surface area contributed by atoms with Crippen LogP contribution >= 0.6 is 0 Å². The van der Waals surface area contributed by atoms with Gasteiger partial charge in [0.15, 0.2) is 5.76 Å². The molecule has 0 aliphatic rings. The van der Waals surface area contributed by atoms with Crippen molar-refractivity contribution in [3.63, 3.8) is 0 Å². The molecule has 0 aliphatic heterocycles. The summed E-state index contributed by atoms with van der Waals surface area (Å²) in [5.41, 5.74) is 2.12. The van der Waals surface area contributed by atoms with Crippen LogP contribution < -0.4 is 10.2 Å². The first-order valence-corrected chi connectivity index (χ1v) is 6.59. The van der Waals surface area contributed by atoms with Crippen LogP contribution in [0.2, 0.25) is 0 Å². The Morgan fingerprint density at radius 2 is 2.00 bits per heavy atom. The first-order chi connectivity index (χ1) is 9.15. The number of hydrogen-bond acceptors (Lipinski definition) is 4. The molecule has 1 aromatic heterocycles. The zero-order chi connectivity index (χ0) is 13.7. The van der Waals surface area contributed by atoms with Gasteiger partial charge in [0.2, 0.25) is 0 Å². The minimum atomic E-state index is 0.451. The Kier molecular flexibility index (Phi) is 4.58. The number of rotatable bonds is 6. The lowest BCUT2D eigenvalue weighted by molar-refractivity contribution is 0.374.